The maximum absolute atomic E-state index is 13.2. The van der Waals surface area contributed by atoms with Gasteiger partial charge in [0.2, 0.25) is 0 Å². The molecule has 1 aromatic heterocycles. The van der Waals surface area contributed by atoms with Crippen LogP contribution in [0, 0.1) is 0 Å². The summed E-state index contributed by atoms with van der Waals surface area (Å²) in [7, 11) is 0. The van der Waals surface area contributed by atoms with Gasteiger partial charge in [-0.05, 0) is 17.7 Å². The van der Waals surface area contributed by atoms with E-state index in [-0.39, 0.29) is 51.0 Å². The minimum absolute atomic E-state index is 0.0494. The fraction of sp³-hybridized carbons (Fsp3) is 0.623. The molecule has 27 nitrogen and oxygen atoms in total. The van der Waals surface area contributed by atoms with Crippen molar-refractivity contribution in [1.82, 2.24) is 35.6 Å². The van der Waals surface area contributed by atoms with Crippen LogP contribution in [0.5, 0.6) is 0 Å². The van der Waals surface area contributed by atoms with Gasteiger partial charge < -0.3 is 77.6 Å². The minimum atomic E-state index is -0.989. The molecule has 7 amide bonds. The topological polar surface area (TPSA) is 296 Å². The van der Waals surface area contributed by atoms with Crippen LogP contribution in [0.25, 0.3) is 11.3 Å². The second-order valence-electron chi connectivity index (χ2n) is 18.2. The zero-order chi connectivity index (χ0) is 56.3. The molecule has 0 bridgehead atoms. The number of hydrogen-bond donors (Lipinski definition) is 3. The summed E-state index contributed by atoms with van der Waals surface area (Å²) in [6.07, 6.45) is 2.45. The quantitative estimate of drug-likeness (QED) is 0.0414. The standard InChI is InChI=1S/C53H76N8O19/c62-47-9-10-48(63)61(47)80-49(64)11-13-68-15-17-70-19-21-72-23-25-74-27-29-76-31-33-78-35-36-79-34-32-77-30-28-75-26-24-73-22-20-71-18-16-69-14-12-59-41-46(57-58-59)43-7-4-8-44(37-43)54-51(66)55-45-38-53(39-45)50(65)60(52(67)56-53)40-42-5-2-1-3-6-42/h1-8,37,41,45H,9-36,38-40H2,(H,56,67)(H2,54,55,66). The molecule has 1 aliphatic carbocycles. The van der Waals surface area contributed by atoms with Gasteiger partial charge in [0, 0.05) is 43.0 Å². The average Bonchev–Trinajstić information content (AvgIpc) is 4.32. The zero-order valence-corrected chi connectivity index (χ0v) is 45.3. The van der Waals surface area contributed by atoms with Crippen molar-refractivity contribution < 1.29 is 90.4 Å². The molecule has 0 radical (unpaired) electrons. The number of nitrogens with one attached hydrogen (secondary N) is 3. The van der Waals surface area contributed by atoms with Gasteiger partial charge in [-0.25, -0.2) is 19.1 Å². The molecule has 3 N–H and O–H groups in total. The molecule has 2 saturated heterocycles. The highest BCUT2D eigenvalue weighted by atomic mass is 16.7. The van der Waals surface area contributed by atoms with Gasteiger partial charge in [0.05, 0.1) is 184 Å². The number of hydrogen-bond acceptors (Lipinski definition) is 21. The number of benzene rings is 2. The second-order valence-corrected chi connectivity index (χ2v) is 18.2. The molecule has 6 rings (SSSR count). The predicted octanol–water partition coefficient (Wildman–Crippen LogP) is 1.92. The number of hydroxylamine groups is 2. The molecule has 0 unspecified atom stereocenters. The number of urea groups is 2. The van der Waals surface area contributed by atoms with Crippen molar-refractivity contribution in [3.05, 3.63) is 66.4 Å². The van der Waals surface area contributed by atoms with E-state index in [9.17, 15) is 28.8 Å². The predicted molar refractivity (Wildman–Crippen MR) is 281 cm³/mol. The zero-order valence-electron chi connectivity index (χ0n) is 45.3. The number of ether oxygens (including phenoxy) is 12. The first-order chi connectivity index (χ1) is 39.2. The molecule has 3 aromatic rings. The Kier molecular flexibility index (Phi) is 29.2. The molecule has 3 aliphatic rings. The van der Waals surface area contributed by atoms with Crippen LogP contribution in [0.4, 0.5) is 15.3 Å². The first-order valence-corrected chi connectivity index (χ1v) is 26.9. The van der Waals surface area contributed by atoms with Crippen LogP contribution in [-0.2, 0) is 93.9 Å². The number of amides is 7. The Hall–Kier alpha value is -6.08. The van der Waals surface area contributed by atoms with E-state index in [1.807, 2.05) is 42.5 Å². The third kappa shape index (κ3) is 23.6. The maximum atomic E-state index is 13.2. The van der Waals surface area contributed by atoms with E-state index < -0.39 is 35.4 Å². The Morgan fingerprint density at radius 1 is 0.575 bits per heavy atom. The fourth-order valence-corrected chi connectivity index (χ4v) is 8.03. The lowest BCUT2D eigenvalue weighted by Crippen LogP contribution is -2.64. The van der Waals surface area contributed by atoms with Crippen molar-refractivity contribution in [3.63, 3.8) is 0 Å². The van der Waals surface area contributed by atoms with Crippen molar-refractivity contribution in [3.8, 4) is 11.3 Å². The SMILES string of the molecule is O=C(Nc1cccc(-c2cn(CCOCCOCCOCCOCCOCCOCCOCCOCCOCCOCCOCCOCCC(=O)ON3C(=O)CCC3=O)nn2)c1)NC1CC2(C1)NC(=O)N(Cc1ccccc1)C2=O. The molecule has 0 atom stereocenters. The average molecular weight is 1130 g/mol. The Morgan fingerprint density at radius 2 is 1.04 bits per heavy atom. The first kappa shape index (κ1) is 63.1. The summed E-state index contributed by atoms with van der Waals surface area (Å²) < 4.78 is 67.7. The number of aromatic nitrogens is 3. The largest absolute Gasteiger partial charge is 0.378 e. The Morgan fingerprint density at radius 3 is 1.52 bits per heavy atom. The van der Waals surface area contributed by atoms with Gasteiger partial charge in [0.1, 0.15) is 11.2 Å². The number of rotatable bonds is 45. The Balaban J connectivity index is 0.616. The van der Waals surface area contributed by atoms with Crippen LogP contribution >= 0.6 is 0 Å². The molecule has 1 saturated carbocycles. The van der Waals surface area contributed by atoms with Crippen LogP contribution in [0.2, 0.25) is 0 Å². The smallest absolute Gasteiger partial charge is 0.335 e. The normalized spacial score (nSPS) is 16.9. The number of anilines is 1. The molecule has 2 aliphatic heterocycles. The second kappa shape index (κ2) is 37.0. The van der Waals surface area contributed by atoms with Crippen LogP contribution in [0.1, 0.15) is 37.7 Å². The molecule has 80 heavy (non-hydrogen) atoms. The highest BCUT2D eigenvalue weighted by Crippen LogP contribution is 2.38. The lowest BCUT2D eigenvalue weighted by atomic mass is 9.72. The summed E-state index contributed by atoms with van der Waals surface area (Å²) in [4.78, 5) is 79.2. The highest BCUT2D eigenvalue weighted by Gasteiger charge is 2.59. The summed E-state index contributed by atoms with van der Waals surface area (Å²) in [5, 5.41) is 17.6. The third-order valence-corrected chi connectivity index (χ3v) is 12.1. The molecule has 2 aromatic carbocycles. The highest BCUT2D eigenvalue weighted by molar-refractivity contribution is 6.08. The van der Waals surface area contributed by atoms with Crippen molar-refractivity contribution >= 4 is 41.4 Å². The van der Waals surface area contributed by atoms with Crippen molar-refractivity contribution in [2.45, 2.75) is 56.8 Å². The van der Waals surface area contributed by atoms with Gasteiger partial charge in [0.15, 0.2) is 0 Å². The van der Waals surface area contributed by atoms with Gasteiger partial charge in [-0.15, -0.1) is 10.2 Å². The number of carbonyl (C=O) groups is 6. The van der Waals surface area contributed by atoms with Gasteiger partial charge in [0.25, 0.3) is 17.7 Å². The summed E-state index contributed by atoms with van der Waals surface area (Å²) in [5.41, 5.74) is 1.84. The van der Waals surface area contributed by atoms with Crippen LogP contribution in [-0.4, -0.2) is 231 Å². The lowest BCUT2D eigenvalue weighted by Gasteiger charge is -2.42. The van der Waals surface area contributed by atoms with Crippen LogP contribution < -0.4 is 16.0 Å². The number of carbonyl (C=O) groups excluding carboxylic acids is 6. The van der Waals surface area contributed by atoms with E-state index >= 15 is 0 Å². The van der Waals surface area contributed by atoms with Crippen LogP contribution in [0.15, 0.2) is 60.8 Å². The van der Waals surface area contributed by atoms with Gasteiger partial charge in [-0.2, -0.15) is 0 Å². The van der Waals surface area contributed by atoms with Crippen molar-refractivity contribution in [1.29, 1.82) is 0 Å². The first-order valence-electron chi connectivity index (χ1n) is 26.9. The molecule has 442 valence electrons. The third-order valence-electron chi connectivity index (χ3n) is 12.1. The summed E-state index contributed by atoms with van der Waals surface area (Å²) in [5.74, 6) is -2.02. The van der Waals surface area contributed by atoms with Gasteiger partial charge in [-0.1, -0.05) is 47.7 Å². The van der Waals surface area contributed by atoms with Crippen LogP contribution in [0.3, 0.4) is 0 Å². The summed E-state index contributed by atoms with van der Waals surface area (Å²) in [6, 6.07) is 15.5. The Bertz CT molecular complexity index is 2290. The molecule has 3 fully saturated rings. The minimum Gasteiger partial charge on any atom is -0.378 e. The molecule has 3 heterocycles. The van der Waals surface area contributed by atoms with Crippen molar-refractivity contribution in [2.24, 2.45) is 0 Å². The molecule has 27 heteroatoms. The van der Waals surface area contributed by atoms with E-state index in [0.29, 0.717) is 181 Å². The molecular weight excluding hydrogens is 1050 g/mol. The van der Waals surface area contributed by atoms with Gasteiger partial charge >= 0.3 is 18.0 Å². The number of imide groups is 2. The summed E-state index contributed by atoms with van der Waals surface area (Å²) >= 11 is 0. The molecule has 1 spiro atoms. The fourth-order valence-electron chi connectivity index (χ4n) is 8.03. The van der Waals surface area contributed by atoms with E-state index in [2.05, 4.69) is 26.3 Å². The lowest BCUT2D eigenvalue weighted by molar-refractivity contribution is -0.198. The van der Waals surface area contributed by atoms with E-state index in [1.165, 1.54) is 4.90 Å². The van der Waals surface area contributed by atoms with Crippen molar-refractivity contribution in [2.75, 3.05) is 164 Å². The maximum Gasteiger partial charge on any atom is 0.335 e. The van der Waals surface area contributed by atoms with E-state index in [4.69, 9.17) is 61.7 Å². The molecular formula is C53H76N8O19. The van der Waals surface area contributed by atoms with E-state index in [0.717, 1.165) is 11.1 Å². The number of nitrogens with zero attached hydrogens (tertiary/aromatic N) is 5. The monoisotopic (exact) mass is 1130 g/mol. The Labute approximate surface area is 464 Å². The van der Waals surface area contributed by atoms with E-state index in [1.54, 1.807) is 23.0 Å². The van der Waals surface area contributed by atoms with Gasteiger partial charge in [-0.3, -0.25) is 19.3 Å². The summed E-state index contributed by atoms with van der Waals surface area (Å²) in [6.45, 7) is 10.5.